The number of rotatable bonds is 2. The number of halogens is 1. The molecular weight excluding hydrogens is 258 g/mol. The van der Waals surface area contributed by atoms with Gasteiger partial charge in [-0.1, -0.05) is 6.07 Å². The summed E-state index contributed by atoms with van der Waals surface area (Å²) >= 11 is 3.43. The highest BCUT2D eigenvalue weighted by Crippen LogP contribution is 2.31. The fourth-order valence-corrected chi connectivity index (χ4v) is 1.95. The number of anilines is 1. The Morgan fingerprint density at radius 1 is 1.33 bits per heavy atom. The predicted octanol–water partition coefficient (Wildman–Crippen LogP) is 2.59. The highest BCUT2D eigenvalue weighted by Gasteiger charge is 2.16. The quantitative estimate of drug-likeness (QED) is 0.841. The topological polar surface area (TPSA) is 44.5 Å². The van der Waals surface area contributed by atoms with Crippen molar-refractivity contribution < 1.29 is 9.47 Å². The van der Waals surface area contributed by atoms with E-state index in [1.807, 2.05) is 18.2 Å². The molecule has 0 bridgehead atoms. The average Bonchev–Trinajstić information content (AvgIpc) is 2.26. The second kappa shape index (κ2) is 4.86. The van der Waals surface area contributed by atoms with Crippen LogP contribution in [-0.2, 0) is 4.74 Å². The molecule has 1 aromatic rings. The highest BCUT2D eigenvalue weighted by atomic mass is 79.9. The maximum Gasteiger partial charge on any atom is 0.135 e. The Bertz CT molecular complexity index is 337. The molecule has 2 rings (SSSR count). The minimum absolute atomic E-state index is 0.247. The van der Waals surface area contributed by atoms with Gasteiger partial charge < -0.3 is 15.2 Å². The van der Waals surface area contributed by atoms with Crippen LogP contribution in [0.4, 0.5) is 5.69 Å². The van der Waals surface area contributed by atoms with Crippen LogP contribution >= 0.6 is 15.9 Å². The molecule has 1 fully saturated rings. The van der Waals surface area contributed by atoms with Gasteiger partial charge in [0, 0.05) is 18.5 Å². The van der Waals surface area contributed by atoms with E-state index in [0.717, 1.165) is 36.3 Å². The van der Waals surface area contributed by atoms with Crippen molar-refractivity contribution in [3.63, 3.8) is 0 Å². The van der Waals surface area contributed by atoms with Gasteiger partial charge in [-0.25, -0.2) is 0 Å². The highest BCUT2D eigenvalue weighted by molar-refractivity contribution is 9.10. The summed E-state index contributed by atoms with van der Waals surface area (Å²) in [4.78, 5) is 0. The van der Waals surface area contributed by atoms with E-state index in [4.69, 9.17) is 15.2 Å². The minimum Gasteiger partial charge on any atom is -0.489 e. The van der Waals surface area contributed by atoms with Gasteiger partial charge in [0.2, 0.25) is 0 Å². The average molecular weight is 272 g/mol. The summed E-state index contributed by atoms with van der Waals surface area (Å²) < 4.78 is 12.0. The van der Waals surface area contributed by atoms with Gasteiger partial charge in [0.15, 0.2) is 0 Å². The summed E-state index contributed by atoms with van der Waals surface area (Å²) in [7, 11) is 0. The van der Waals surface area contributed by atoms with Crippen molar-refractivity contribution in [3.05, 3.63) is 22.7 Å². The smallest absolute Gasteiger partial charge is 0.135 e. The zero-order chi connectivity index (χ0) is 10.7. The number of nitrogens with two attached hydrogens (primary N) is 1. The van der Waals surface area contributed by atoms with Crippen molar-refractivity contribution in [1.82, 2.24) is 0 Å². The normalized spacial score (nSPS) is 17.7. The molecule has 82 valence electrons. The van der Waals surface area contributed by atoms with Crippen LogP contribution < -0.4 is 10.5 Å². The minimum atomic E-state index is 0.247. The summed E-state index contributed by atoms with van der Waals surface area (Å²) in [5, 5.41) is 0. The zero-order valence-electron chi connectivity index (χ0n) is 8.41. The molecule has 1 saturated heterocycles. The lowest BCUT2D eigenvalue weighted by Gasteiger charge is -2.24. The van der Waals surface area contributed by atoms with Gasteiger partial charge in [-0.2, -0.15) is 0 Å². The molecule has 0 aromatic heterocycles. The maximum absolute atomic E-state index is 5.86. The number of hydrogen-bond acceptors (Lipinski definition) is 3. The van der Waals surface area contributed by atoms with Crippen LogP contribution in [0.3, 0.4) is 0 Å². The lowest BCUT2D eigenvalue weighted by Crippen LogP contribution is -2.26. The molecule has 0 radical (unpaired) electrons. The second-order valence-electron chi connectivity index (χ2n) is 3.59. The Kier molecular flexibility index (Phi) is 3.49. The van der Waals surface area contributed by atoms with Crippen molar-refractivity contribution in [1.29, 1.82) is 0 Å². The maximum atomic E-state index is 5.86. The van der Waals surface area contributed by atoms with Gasteiger partial charge in [0.1, 0.15) is 11.9 Å². The van der Waals surface area contributed by atoms with Gasteiger partial charge in [0.25, 0.3) is 0 Å². The number of benzene rings is 1. The molecule has 0 atom stereocenters. The van der Waals surface area contributed by atoms with Crippen molar-refractivity contribution in [2.45, 2.75) is 18.9 Å². The molecule has 1 aromatic carbocycles. The Hall–Kier alpha value is -0.740. The van der Waals surface area contributed by atoms with Crippen LogP contribution in [0, 0.1) is 0 Å². The molecule has 1 aliphatic rings. The van der Waals surface area contributed by atoms with E-state index in [0.29, 0.717) is 5.69 Å². The van der Waals surface area contributed by atoms with E-state index in [-0.39, 0.29) is 6.10 Å². The third-order valence-electron chi connectivity index (χ3n) is 2.46. The molecular formula is C11H14BrNO2. The first-order valence-electron chi connectivity index (χ1n) is 5.06. The number of ether oxygens (including phenoxy) is 2. The van der Waals surface area contributed by atoms with Crippen LogP contribution in [0.15, 0.2) is 22.7 Å². The Morgan fingerprint density at radius 3 is 2.80 bits per heavy atom. The van der Waals surface area contributed by atoms with Crippen molar-refractivity contribution in [3.8, 4) is 5.75 Å². The van der Waals surface area contributed by atoms with Crippen molar-refractivity contribution in [2.24, 2.45) is 0 Å². The lowest BCUT2D eigenvalue weighted by atomic mass is 10.1. The fourth-order valence-electron chi connectivity index (χ4n) is 1.59. The first-order valence-corrected chi connectivity index (χ1v) is 5.85. The predicted molar refractivity (Wildman–Crippen MR) is 63.0 cm³/mol. The van der Waals surface area contributed by atoms with Crippen LogP contribution in [0.1, 0.15) is 12.8 Å². The van der Waals surface area contributed by atoms with Crippen LogP contribution in [0.5, 0.6) is 5.75 Å². The van der Waals surface area contributed by atoms with E-state index in [1.54, 1.807) is 0 Å². The standard InChI is InChI=1S/C11H14BrNO2/c12-11-9(13)2-1-3-10(11)15-8-4-6-14-7-5-8/h1-3,8H,4-7,13H2. The van der Waals surface area contributed by atoms with Crippen LogP contribution in [0.2, 0.25) is 0 Å². The third kappa shape index (κ3) is 2.63. The number of nitrogen functional groups attached to an aromatic ring is 1. The summed E-state index contributed by atoms with van der Waals surface area (Å²) in [5.74, 6) is 0.821. The summed E-state index contributed by atoms with van der Waals surface area (Å²) in [5.41, 5.74) is 6.48. The number of hydrogen-bond donors (Lipinski definition) is 1. The van der Waals surface area contributed by atoms with E-state index < -0.39 is 0 Å². The Labute approximate surface area is 97.7 Å². The van der Waals surface area contributed by atoms with Gasteiger partial charge in [0.05, 0.1) is 17.7 Å². The summed E-state index contributed by atoms with van der Waals surface area (Å²) in [6.45, 7) is 1.56. The molecule has 3 nitrogen and oxygen atoms in total. The van der Waals surface area contributed by atoms with Crippen molar-refractivity contribution >= 4 is 21.6 Å². The van der Waals surface area contributed by atoms with Gasteiger partial charge >= 0.3 is 0 Å². The lowest BCUT2D eigenvalue weighted by molar-refractivity contribution is 0.0253. The molecule has 0 spiro atoms. The van der Waals surface area contributed by atoms with Crippen LogP contribution in [-0.4, -0.2) is 19.3 Å². The Balaban J connectivity index is 2.06. The molecule has 1 aliphatic heterocycles. The molecule has 2 N–H and O–H groups in total. The summed E-state index contributed by atoms with van der Waals surface area (Å²) in [6, 6.07) is 5.67. The monoisotopic (exact) mass is 271 g/mol. The van der Waals surface area contributed by atoms with Crippen LogP contribution in [0.25, 0.3) is 0 Å². The van der Waals surface area contributed by atoms with E-state index in [2.05, 4.69) is 15.9 Å². The molecule has 15 heavy (non-hydrogen) atoms. The molecule has 1 heterocycles. The first-order chi connectivity index (χ1) is 7.27. The molecule has 0 amide bonds. The van der Waals surface area contributed by atoms with Gasteiger partial charge in [-0.05, 0) is 28.1 Å². The SMILES string of the molecule is Nc1cccc(OC2CCOCC2)c1Br. The molecule has 0 saturated carbocycles. The molecule has 4 heteroatoms. The third-order valence-corrected chi connectivity index (χ3v) is 3.30. The summed E-state index contributed by atoms with van der Waals surface area (Å²) in [6.07, 6.45) is 2.14. The molecule has 0 unspecified atom stereocenters. The molecule has 0 aliphatic carbocycles. The Morgan fingerprint density at radius 2 is 2.07 bits per heavy atom. The van der Waals surface area contributed by atoms with E-state index in [1.165, 1.54) is 0 Å². The zero-order valence-corrected chi connectivity index (χ0v) is 10.00. The van der Waals surface area contributed by atoms with E-state index >= 15 is 0 Å². The van der Waals surface area contributed by atoms with E-state index in [9.17, 15) is 0 Å². The first kappa shape index (κ1) is 10.8. The van der Waals surface area contributed by atoms with Crippen molar-refractivity contribution in [2.75, 3.05) is 18.9 Å². The largest absolute Gasteiger partial charge is 0.489 e. The second-order valence-corrected chi connectivity index (χ2v) is 4.38. The van der Waals surface area contributed by atoms with Gasteiger partial charge in [-0.3, -0.25) is 0 Å². The fraction of sp³-hybridized carbons (Fsp3) is 0.455. The van der Waals surface area contributed by atoms with Gasteiger partial charge in [-0.15, -0.1) is 0 Å².